The summed E-state index contributed by atoms with van der Waals surface area (Å²) in [5, 5.41) is 4.52. The van der Waals surface area contributed by atoms with Crippen LogP contribution in [0.1, 0.15) is 31.2 Å². The molecule has 28 heavy (non-hydrogen) atoms. The molecule has 1 amide bonds. The fraction of sp³-hybridized carbons (Fsp3) is 0.368. The Labute approximate surface area is 163 Å². The van der Waals surface area contributed by atoms with Gasteiger partial charge in [0.25, 0.3) is 5.56 Å². The molecule has 0 aliphatic heterocycles. The number of hydrogen-bond donors (Lipinski definition) is 1. The largest absolute Gasteiger partial charge is 0.352 e. The zero-order chi connectivity index (χ0) is 19.7. The van der Waals surface area contributed by atoms with Crippen molar-refractivity contribution in [2.45, 2.75) is 44.8 Å². The highest BCUT2D eigenvalue weighted by Gasteiger charge is 2.21. The normalized spacial score (nSPS) is 14.6. The summed E-state index contributed by atoms with van der Waals surface area (Å²) in [7, 11) is 0. The van der Waals surface area contributed by atoms with Gasteiger partial charge in [-0.1, -0.05) is 31.0 Å². The van der Waals surface area contributed by atoms with E-state index in [4.69, 9.17) is 0 Å². The molecule has 0 saturated heterocycles. The lowest BCUT2D eigenvalue weighted by Crippen LogP contribution is -2.44. The third kappa shape index (κ3) is 3.49. The van der Waals surface area contributed by atoms with E-state index in [1.54, 1.807) is 11.4 Å². The second kappa shape index (κ2) is 7.67. The van der Waals surface area contributed by atoms with Crippen LogP contribution in [-0.2, 0) is 17.9 Å². The zero-order valence-electron chi connectivity index (χ0n) is 15.1. The standard InChI is InChI=1S/C19H19FN4O3S/c20-14-8-4-1-5-12(14)9-24-18(26)17-15(11-28-22-17)23(19(24)27)10-16(25)21-13-6-2-3-7-13/h1,4-5,8,11,13H,2-3,6-7,9-10H2,(H,21,25). The Hall–Kier alpha value is -2.81. The minimum atomic E-state index is -0.650. The van der Waals surface area contributed by atoms with Crippen LogP contribution in [0.4, 0.5) is 4.39 Å². The van der Waals surface area contributed by atoms with Crippen LogP contribution >= 0.6 is 11.5 Å². The first kappa shape index (κ1) is 18.5. The summed E-state index contributed by atoms with van der Waals surface area (Å²) < 4.78 is 20.3. The van der Waals surface area contributed by atoms with Crippen LogP contribution in [0.15, 0.2) is 39.2 Å². The molecule has 1 saturated carbocycles. The number of nitrogens with one attached hydrogen (secondary N) is 1. The van der Waals surface area contributed by atoms with Crippen LogP contribution in [0.2, 0.25) is 0 Å². The van der Waals surface area contributed by atoms with E-state index in [0.29, 0.717) is 5.52 Å². The van der Waals surface area contributed by atoms with E-state index in [2.05, 4.69) is 9.69 Å². The SMILES string of the molecule is O=C(Cn1c(=O)n(Cc2ccccc2F)c(=O)c2nscc21)NC1CCCC1. The molecule has 9 heteroatoms. The molecule has 1 aromatic carbocycles. The van der Waals surface area contributed by atoms with Crippen molar-refractivity contribution in [1.82, 2.24) is 18.8 Å². The minimum absolute atomic E-state index is 0.106. The van der Waals surface area contributed by atoms with Crippen molar-refractivity contribution < 1.29 is 9.18 Å². The second-order valence-corrected chi connectivity index (χ2v) is 7.58. The third-order valence-electron chi connectivity index (χ3n) is 5.06. The number of carbonyl (C=O) groups is 1. The predicted octanol–water partition coefficient (Wildman–Crippen LogP) is 1.87. The summed E-state index contributed by atoms with van der Waals surface area (Å²) in [4.78, 5) is 38.2. The number of halogens is 1. The van der Waals surface area contributed by atoms with E-state index in [1.807, 2.05) is 0 Å². The monoisotopic (exact) mass is 402 g/mol. The van der Waals surface area contributed by atoms with Crippen molar-refractivity contribution in [3.63, 3.8) is 0 Å². The highest BCUT2D eigenvalue weighted by atomic mass is 32.1. The average Bonchev–Trinajstić information content (AvgIpc) is 3.35. The molecule has 0 atom stereocenters. The smallest absolute Gasteiger partial charge is 0.332 e. The van der Waals surface area contributed by atoms with Gasteiger partial charge in [0.1, 0.15) is 12.4 Å². The highest BCUT2D eigenvalue weighted by molar-refractivity contribution is 7.04. The van der Waals surface area contributed by atoms with Gasteiger partial charge in [-0.3, -0.25) is 18.7 Å². The van der Waals surface area contributed by atoms with Crippen LogP contribution < -0.4 is 16.6 Å². The number of benzene rings is 1. The molecule has 0 radical (unpaired) electrons. The van der Waals surface area contributed by atoms with Gasteiger partial charge in [-0.25, -0.2) is 9.18 Å². The number of aromatic nitrogens is 3. The number of fused-ring (bicyclic) bond motifs is 1. The summed E-state index contributed by atoms with van der Waals surface area (Å²) in [5.41, 5.74) is -0.585. The lowest BCUT2D eigenvalue weighted by Gasteiger charge is -2.15. The van der Waals surface area contributed by atoms with E-state index in [-0.39, 0.29) is 36.1 Å². The maximum atomic E-state index is 14.0. The molecule has 2 heterocycles. The molecule has 1 N–H and O–H groups in total. The van der Waals surface area contributed by atoms with Gasteiger partial charge < -0.3 is 5.32 Å². The molecule has 1 fully saturated rings. The molecule has 146 valence electrons. The van der Waals surface area contributed by atoms with Gasteiger partial charge in [0.05, 0.1) is 12.1 Å². The highest BCUT2D eigenvalue weighted by Crippen LogP contribution is 2.17. The summed E-state index contributed by atoms with van der Waals surface area (Å²) in [6.07, 6.45) is 4.03. The Kier molecular flexibility index (Phi) is 5.08. The number of nitrogens with zero attached hydrogens (tertiary/aromatic N) is 3. The minimum Gasteiger partial charge on any atom is -0.352 e. The van der Waals surface area contributed by atoms with Gasteiger partial charge in [0.2, 0.25) is 5.91 Å². The maximum Gasteiger partial charge on any atom is 0.332 e. The zero-order valence-corrected chi connectivity index (χ0v) is 15.9. The number of carbonyl (C=O) groups excluding carboxylic acids is 1. The molecule has 0 spiro atoms. The number of amides is 1. The maximum absolute atomic E-state index is 14.0. The van der Waals surface area contributed by atoms with Crippen LogP contribution in [-0.4, -0.2) is 25.5 Å². The average molecular weight is 402 g/mol. The summed E-state index contributed by atoms with van der Waals surface area (Å²) in [6.45, 7) is -0.427. The quantitative estimate of drug-likeness (QED) is 0.706. The van der Waals surface area contributed by atoms with Gasteiger partial charge in [-0.15, -0.1) is 0 Å². The van der Waals surface area contributed by atoms with E-state index in [0.717, 1.165) is 41.8 Å². The summed E-state index contributed by atoms with van der Waals surface area (Å²) in [6, 6.07) is 6.09. The summed E-state index contributed by atoms with van der Waals surface area (Å²) in [5.74, 6) is -0.782. The Balaban J connectivity index is 1.72. The van der Waals surface area contributed by atoms with E-state index < -0.39 is 17.1 Å². The number of rotatable bonds is 5. The van der Waals surface area contributed by atoms with E-state index in [9.17, 15) is 18.8 Å². The molecule has 1 aliphatic rings. The van der Waals surface area contributed by atoms with Crippen LogP contribution in [0.5, 0.6) is 0 Å². The Bertz CT molecular complexity index is 1140. The molecular formula is C19H19FN4O3S. The molecule has 1 aliphatic carbocycles. The molecule has 7 nitrogen and oxygen atoms in total. The predicted molar refractivity (Wildman–Crippen MR) is 104 cm³/mol. The number of hydrogen-bond acceptors (Lipinski definition) is 5. The summed E-state index contributed by atoms with van der Waals surface area (Å²) >= 11 is 1.04. The second-order valence-electron chi connectivity index (χ2n) is 6.95. The van der Waals surface area contributed by atoms with Crippen molar-refractivity contribution in [3.8, 4) is 0 Å². The van der Waals surface area contributed by atoms with Crippen molar-refractivity contribution in [2.24, 2.45) is 0 Å². The van der Waals surface area contributed by atoms with E-state index >= 15 is 0 Å². The lowest BCUT2D eigenvalue weighted by atomic mass is 10.2. The first-order valence-corrected chi connectivity index (χ1v) is 9.98. The molecule has 0 bridgehead atoms. The van der Waals surface area contributed by atoms with Gasteiger partial charge in [-0.05, 0) is 30.4 Å². The Morgan fingerprint density at radius 2 is 1.96 bits per heavy atom. The van der Waals surface area contributed by atoms with Crippen molar-refractivity contribution in [3.05, 3.63) is 61.9 Å². The fourth-order valence-corrected chi connectivity index (χ4v) is 4.28. The van der Waals surface area contributed by atoms with Crippen LogP contribution in [0.25, 0.3) is 11.0 Å². The molecular weight excluding hydrogens is 383 g/mol. The van der Waals surface area contributed by atoms with Gasteiger partial charge in [0, 0.05) is 17.0 Å². The molecule has 3 aromatic rings. The van der Waals surface area contributed by atoms with Crippen molar-refractivity contribution >= 4 is 28.5 Å². The lowest BCUT2D eigenvalue weighted by molar-refractivity contribution is -0.122. The molecule has 2 aromatic heterocycles. The van der Waals surface area contributed by atoms with Gasteiger partial charge >= 0.3 is 5.69 Å². The Morgan fingerprint density at radius 1 is 1.21 bits per heavy atom. The van der Waals surface area contributed by atoms with Gasteiger partial charge in [0.15, 0.2) is 5.52 Å². The first-order chi connectivity index (χ1) is 13.5. The van der Waals surface area contributed by atoms with Crippen molar-refractivity contribution in [1.29, 1.82) is 0 Å². The fourth-order valence-electron chi connectivity index (χ4n) is 3.61. The third-order valence-corrected chi connectivity index (χ3v) is 5.68. The van der Waals surface area contributed by atoms with Crippen LogP contribution in [0, 0.1) is 5.82 Å². The van der Waals surface area contributed by atoms with Crippen molar-refractivity contribution in [2.75, 3.05) is 0 Å². The topological polar surface area (TPSA) is 86.0 Å². The first-order valence-electron chi connectivity index (χ1n) is 9.15. The molecule has 4 rings (SSSR count). The van der Waals surface area contributed by atoms with Crippen LogP contribution in [0.3, 0.4) is 0 Å². The van der Waals surface area contributed by atoms with Gasteiger partial charge in [-0.2, -0.15) is 4.37 Å². The Morgan fingerprint density at radius 3 is 2.71 bits per heavy atom. The molecule has 0 unspecified atom stereocenters. The van der Waals surface area contributed by atoms with E-state index in [1.165, 1.54) is 22.8 Å².